The topological polar surface area (TPSA) is 72.9 Å². The van der Waals surface area contributed by atoms with Gasteiger partial charge in [0.05, 0.1) is 6.61 Å². The van der Waals surface area contributed by atoms with Crippen molar-refractivity contribution in [3.63, 3.8) is 0 Å². The minimum absolute atomic E-state index is 0.0856. The van der Waals surface area contributed by atoms with Crippen LogP contribution in [0.5, 0.6) is 0 Å². The molecule has 1 aliphatic carbocycles. The van der Waals surface area contributed by atoms with Gasteiger partial charge in [0.15, 0.2) is 0 Å². The molecule has 1 heterocycles. The minimum atomic E-state index is -0.938. The first kappa shape index (κ1) is 25.9. The van der Waals surface area contributed by atoms with E-state index in [1.807, 2.05) is 12.1 Å². The van der Waals surface area contributed by atoms with Crippen molar-refractivity contribution in [2.24, 2.45) is 11.8 Å². The van der Waals surface area contributed by atoms with Crippen LogP contribution in [0.1, 0.15) is 70.9 Å². The molecule has 0 unspecified atom stereocenters. The molecule has 1 saturated heterocycles. The maximum Gasteiger partial charge on any atom is 0.417 e. The van der Waals surface area contributed by atoms with Crippen LogP contribution >= 0.6 is 0 Å². The molecule has 6 nitrogen and oxygen atoms in total. The zero-order chi connectivity index (χ0) is 25.9. The number of amides is 2. The number of benzene rings is 2. The Labute approximate surface area is 214 Å². The van der Waals surface area contributed by atoms with Gasteiger partial charge in [0.1, 0.15) is 11.6 Å². The lowest BCUT2D eigenvalue weighted by Gasteiger charge is -2.42. The molecule has 2 amide bonds. The second-order valence-electron chi connectivity index (χ2n) is 11.0. The van der Waals surface area contributed by atoms with Crippen LogP contribution in [0.15, 0.2) is 60.7 Å². The number of likely N-dealkylation sites (tertiary alicyclic amines) is 1. The highest BCUT2D eigenvalue weighted by Gasteiger charge is 2.52. The molecule has 6 heteroatoms. The molecule has 1 aliphatic heterocycles. The Morgan fingerprint density at radius 2 is 1.47 bits per heavy atom. The number of carbonyl (C=O) groups is 3. The van der Waals surface area contributed by atoms with Crippen molar-refractivity contribution in [1.29, 1.82) is 0 Å². The summed E-state index contributed by atoms with van der Waals surface area (Å²) in [5, 5.41) is 0. The van der Waals surface area contributed by atoms with Crippen molar-refractivity contribution < 1.29 is 23.9 Å². The summed E-state index contributed by atoms with van der Waals surface area (Å²) in [6, 6.07) is 20.2. The van der Waals surface area contributed by atoms with Crippen LogP contribution in [0.4, 0.5) is 4.79 Å². The second-order valence-corrected chi connectivity index (χ2v) is 11.0. The van der Waals surface area contributed by atoms with Crippen molar-refractivity contribution >= 4 is 18.0 Å². The van der Waals surface area contributed by atoms with Gasteiger partial charge in [-0.05, 0) is 76.8 Å². The molecule has 0 aromatic heterocycles. The first-order chi connectivity index (χ1) is 17.2. The molecule has 0 N–H and O–H groups in total. The fraction of sp³-hybridized carbons (Fsp3) is 0.500. The van der Waals surface area contributed by atoms with Crippen LogP contribution in [-0.2, 0) is 24.5 Å². The number of esters is 1. The Hall–Kier alpha value is -3.15. The zero-order valence-electron chi connectivity index (χ0n) is 21.7. The summed E-state index contributed by atoms with van der Waals surface area (Å²) in [5.41, 5.74) is 1.68. The molecule has 2 aromatic rings. The lowest BCUT2D eigenvalue weighted by Crippen LogP contribution is -2.46. The third-order valence-electron chi connectivity index (χ3n) is 7.60. The molecule has 2 aromatic carbocycles. The van der Waals surface area contributed by atoms with E-state index in [4.69, 9.17) is 9.47 Å². The molecule has 192 valence electrons. The van der Waals surface area contributed by atoms with Crippen LogP contribution in [-0.4, -0.2) is 41.1 Å². The average Bonchev–Trinajstić information content (AvgIpc) is 3.21. The van der Waals surface area contributed by atoms with Crippen molar-refractivity contribution in [1.82, 2.24) is 4.90 Å². The second kappa shape index (κ2) is 10.5. The van der Waals surface area contributed by atoms with Gasteiger partial charge in [0.25, 0.3) is 0 Å². The van der Waals surface area contributed by atoms with E-state index < -0.39 is 29.6 Å². The Morgan fingerprint density at radius 1 is 0.944 bits per heavy atom. The van der Waals surface area contributed by atoms with Crippen molar-refractivity contribution in [2.45, 2.75) is 76.9 Å². The molecule has 0 bridgehead atoms. The van der Waals surface area contributed by atoms with E-state index in [0.717, 1.165) is 30.6 Å². The van der Waals surface area contributed by atoms with Gasteiger partial charge in [-0.2, -0.15) is 0 Å². The third-order valence-corrected chi connectivity index (χ3v) is 7.60. The summed E-state index contributed by atoms with van der Waals surface area (Å²) in [4.78, 5) is 40.3. The normalized spacial score (nSPS) is 22.3. The van der Waals surface area contributed by atoms with Crippen LogP contribution in [0.3, 0.4) is 0 Å². The monoisotopic (exact) mass is 491 g/mol. The fourth-order valence-electron chi connectivity index (χ4n) is 5.94. The average molecular weight is 492 g/mol. The van der Waals surface area contributed by atoms with E-state index in [1.54, 1.807) is 27.7 Å². The molecule has 2 fully saturated rings. The highest BCUT2D eigenvalue weighted by Crippen LogP contribution is 2.49. The summed E-state index contributed by atoms with van der Waals surface area (Å²) in [7, 11) is 0. The van der Waals surface area contributed by atoms with Gasteiger partial charge in [-0.1, -0.05) is 60.7 Å². The summed E-state index contributed by atoms with van der Waals surface area (Å²) in [6.45, 7) is 7.15. The van der Waals surface area contributed by atoms with Gasteiger partial charge in [0, 0.05) is 11.3 Å². The van der Waals surface area contributed by atoms with Crippen LogP contribution in [0.2, 0.25) is 0 Å². The zero-order valence-corrected chi connectivity index (χ0v) is 21.7. The van der Waals surface area contributed by atoms with E-state index in [0.29, 0.717) is 0 Å². The lowest BCUT2D eigenvalue weighted by molar-refractivity contribution is -0.151. The SMILES string of the molecule is CCOC(=O)[C@@H]1C[C@@H](C2CCC(c3ccccc3)(c3ccccc3)CC2)C(=O)N1C(=O)OC(C)(C)C. The lowest BCUT2D eigenvalue weighted by atomic mass is 9.61. The molecular formula is C30H37NO5. The number of hydrogen-bond donors (Lipinski definition) is 0. The van der Waals surface area contributed by atoms with Crippen LogP contribution in [0.25, 0.3) is 0 Å². The predicted octanol–water partition coefficient (Wildman–Crippen LogP) is 5.88. The maximum absolute atomic E-state index is 13.6. The van der Waals surface area contributed by atoms with E-state index in [-0.39, 0.29) is 30.3 Å². The molecule has 2 atom stereocenters. The van der Waals surface area contributed by atoms with Crippen LogP contribution < -0.4 is 0 Å². The predicted molar refractivity (Wildman–Crippen MR) is 137 cm³/mol. The van der Waals surface area contributed by atoms with Gasteiger partial charge in [-0.25, -0.2) is 14.5 Å². The van der Waals surface area contributed by atoms with Gasteiger partial charge in [0.2, 0.25) is 5.91 Å². The molecule has 1 saturated carbocycles. The number of hydrogen-bond acceptors (Lipinski definition) is 5. The van der Waals surface area contributed by atoms with Gasteiger partial charge in [-0.15, -0.1) is 0 Å². The summed E-state index contributed by atoms with van der Waals surface area (Å²) >= 11 is 0. The number of imide groups is 1. The molecule has 4 rings (SSSR count). The van der Waals surface area contributed by atoms with E-state index in [1.165, 1.54) is 11.1 Å². The van der Waals surface area contributed by atoms with Gasteiger partial charge in [-0.3, -0.25) is 4.79 Å². The number of nitrogens with zero attached hydrogens (tertiary/aromatic N) is 1. The summed E-state index contributed by atoms with van der Waals surface area (Å²) in [6.07, 6.45) is 2.96. The first-order valence-electron chi connectivity index (χ1n) is 13.0. The van der Waals surface area contributed by atoms with Crippen molar-refractivity contribution in [3.8, 4) is 0 Å². The number of ether oxygens (including phenoxy) is 2. The van der Waals surface area contributed by atoms with E-state index in [2.05, 4.69) is 48.5 Å². The number of rotatable bonds is 5. The standard InChI is InChI=1S/C30H37NO5/c1-5-35-27(33)25-20-24(26(32)31(25)28(34)36-29(2,3)4)21-16-18-30(19-17-21,22-12-8-6-9-13-22)23-14-10-7-11-15-23/h6-15,21,24-25H,5,16-20H2,1-4H3/t24-,25-/m0/s1. The maximum atomic E-state index is 13.6. The molecule has 2 aliphatic rings. The van der Waals surface area contributed by atoms with E-state index in [9.17, 15) is 14.4 Å². The van der Waals surface area contributed by atoms with Gasteiger partial charge < -0.3 is 9.47 Å². The van der Waals surface area contributed by atoms with Crippen molar-refractivity contribution in [3.05, 3.63) is 71.8 Å². The van der Waals surface area contributed by atoms with Gasteiger partial charge >= 0.3 is 12.1 Å². The number of carbonyl (C=O) groups excluding carboxylic acids is 3. The quantitative estimate of drug-likeness (QED) is 0.489. The van der Waals surface area contributed by atoms with Crippen LogP contribution in [0, 0.1) is 11.8 Å². The first-order valence-corrected chi connectivity index (χ1v) is 13.0. The highest BCUT2D eigenvalue weighted by molar-refractivity contribution is 6.00. The largest absolute Gasteiger partial charge is 0.464 e. The Kier molecular flexibility index (Phi) is 7.53. The Bertz CT molecular complexity index is 1030. The fourth-order valence-corrected chi connectivity index (χ4v) is 5.94. The minimum Gasteiger partial charge on any atom is -0.464 e. The molecule has 36 heavy (non-hydrogen) atoms. The molecule has 0 spiro atoms. The Balaban J connectivity index is 1.57. The van der Waals surface area contributed by atoms with Crippen molar-refractivity contribution in [2.75, 3.05) is 6.61 Å². The smallest absolute Gasteiger partial charge is 0.417 e. The highest BCUT2D eigenvalue weighted by atomic mass is 16.6. The third kappa shape index (κ3) is 5.18. The molecule has 0 radical (unpaired) electrons. The van der Waals surface area contributed by atoms with E-state index >= 15 is 0 Å². The molecular weight excluding hydrogens is 454 g/mol. The summed E-state index contributed by atoms with van der Waals surface area (Å²) in [5.74, 6) is -1.18. The Morgan fingerprint density at radius 3 is 1.94 bits per heavy atom. The summed E-state index contributed by atoms with van der Waals surface area (Å²) < 4.78 is 10.7.